The van der Waals surface area contributed by atoms with Gasteiger partial charge >= 0.3 is 0 Å². The molecule has 0 saturated carbocycles. The largest absolute Gasteiger partial charge is 0.300 e. The number of carbonyl (C=O) groups excluding carboxylic acids is 1. The third-order valence-electron chi connectivity index (χ3n) is 2.16. The highest BCUT2D eigenvalue weighted by molar-refractivity contribution is 8.76. The molecule has 0 aliphatic heterocycles. The average Bonchev–Trinajstić information content (AvgIpc) is 2.34. The van der Waals surface area contributed by atoms with Crippen LogP contribution in [0.5, 0.6) is 0 Å². The summed E-state index contributed by atoms with van der Waals surface area (Å²) in [7, 11) is 3.47. The van der Waals surface area contributed by atoms with Crippen molar-refractivity contribution in [3.05, 3.63) is 24.4 Å². The summed E-state index contributed by atoms with van der Waals surface area (Å²) >= 11 is 0. The van der Waals surface area contributed by atoms with Crippen molar-refractivity contribution in [2.24, 2.45) is 0 Å². The lowest BCUT2D eigenvalue weighted by molar-refractivity contribution is -0.118. The van der Waals surface area contributed by atoms with Crippen LogP contribution in [-0.2, 0) is 4.79 Å². The SMILES string of the molecule is CCC(=O)CCC(C)SSc1ccccn1. The molecule has 0 N–H and O–H groups in total. The summed E-state index contributed by atoms with van der Waals surface area (Å²) in [5, 5.41) is 1.52. The first-order valence-electron chi connectivity index (χ1n) is 5.48. The number of hydrogen-bond donors (Lipinski definition) is 0. The molecule has 0 spiro atoms. The zero-order chi connectivity index (χ0) is 11.8. The monoisotopic (exact) mass is 255 g/mol. The van der Waals surface area contributed by atoms with Crippen molar-refractivity contribution in [1.29, 1.82) is 0 Å². The van der Waals surface area contributed by atoms with Crippen molar-refractivity contribution in [3.63, 3.8) is 0 Å². The molecule has 16 heavy (non-hydrogen) atoms. The van der Waals surface area contributed by atoms with E-state index in [-0.39, 0.29) is 0 Å². The number of carbonyl (C=O) groups is 1. The summed E-state index contributed by atoms with van der Waals surface area (Å²) < 4.78 is 0. The molecular weight excluding hydrogens is 238 g/mol. The molecule has 1 aromatic heterocycles. The maximum Gasteiger partial charge on any atom is 0.132 e. The van der Waals surface area contributed by atoms with E-state index >= 15 is 0 Å². The van der Waals surface area contributed by atoms with Gasteiger partial charge in [0.1, 0.15) is 10.8 Å². The molecule has 0 aliphatic carbocycles. The molecule has 4 heteroatoms. The van der Waals surface area contributed by atoms with Gasteiger partial charge in [-0.2, -0.15) is 0 Å². The highest BCUT2D eigenvalue weighted by Crippen LogP contribution is 2.34. The highest BCUT2D eigenvalue weighted by atomic mass is 33.1. The van der Waals surface area contributed by atoms with Gasteiger partial charge in [0.25, 0.3) is 0 Å². The normalized spacial score (nSPS) is 12.4. The van der Waals surface area contributed by atoms with Crippen LogP contribution in [0.15, 0.2) is 29.4 Å². The van der Waals surface area contributed by atoms with Crippen molar-refractivity contribution >= 4 is 27.4 Å². The second-order valence-electron chi connectivity index (χ2n) is 3.59. The van der Waals surface area contributed by atoms with Gasteiger partial charge in [-0.05, 0) is 29.3 Å². The third-order valence-corrected chi connectivity index (χ3v) is 5.02. The van der Waals surface area contributed by atoms with Gasteiger partial charge in [0, 0.05) is 24.3 Å². The zero-order valence-electron chi connectivity index (χ0n) is 9.68. The molecular formula is C12H17NOS2. The fourth-order valence-corrected chi connectivity index (χ4v) is 3.20. The minimum Gasteiger partial charge on any atom is -0.300 e. The van der Waals surface area contributed by atoms with Crippen molar-refractivity contribution in [2.75, 3.05) is 0 Å². The van der Waals surface area contributed by atoms with Gasteiger partial charge in [0.05, 0.1) is 0 Å². The molecule has 1 rings (SSSR count). The topological polar surface area (TPSA) is 30.0 Å². The average molecular weight is 255 g/mol. The van der Waals surface area contributed by atoms with Gasteiger partial charge in [0.2, 0.25) is 0 Å². The second kappa shape index (κ2) is 7.74. The predicted octanol–water partition coefficient (Wildman–Crippen LogP) is 3.97. The van der Waals surface area contributed by atoms with Crippen LogP contribution in [-0.4, -0.2) is 16.0 Å². The van der Waals surface area contributed by atoms with E-state index < -0.39 is 0 Å². The summed E-state index contributed by atoms with van der Waals surface area (Å²) in [5.41, 5.74) is 0. The molecule has 0 saturated heterocycles. The van der Waals surface area contributed by atoms with E-state index in [4.69, 9.17) is 0 Å². The smallest absolute Gasteiger partial charge is 0.132 e. The van der Waals surface area contributed by atoms with Gasteiger partial charge in [-0.15, -0.1) is 0 Å². The summed E-state index contributed by atoms with van der Waals surface area (Å²) in [6.07, 6.45) is 4.11. The van der Waals surface area contributed by atoms with E-state index in [0.717, 1.165) is 11.4 Å². The number of pyridine rings is 1. The van der Waals surface area contributed by atoms with Crippen molar-refractivity contribution < 1.29 is 4.79 Å². The number of nitrogens with zero attached hydrogens (tertiary/aromatic N) is 1. The molecule has 0 aromatic carbocycles. The molecule has 1 heterocycles. The Balaban J connectivity index is 2.20. The maximum absolute atomic E-state index is 11.2. The molecule has 1 atom stereocenters. The quantitative estimate of drug-likeness (QED) is 0.690. The van der Waals surface area contributed by atoms with E-state index in [2.05, 4.69) is 11.9 Å². The number of Topliss-reactive ketones (excluding diaryl/α,β-unsaturated/α-hetero) is 1. The number of aromatic nitrogens is 1. The maximum atomic E-state index is 11.2. The minimum atomic E-state index is 0.357. The Kier molecular flexibility index (Phi) is 6.57. The fourth-order valence-electron chi connectivity index (χ4n) is 1.12. The number of rotatable bonds is 7. The summed E-state index contributed by atoms with van der Waals surface area (Å²) in [5.74, 6) is 0.357. The molecule has 2 nitrogen and oxygen atoms in total. The predicted molar refractivity (Wildman–Crippen MR) is 71.7 cm³/mol. The van der Waals surface area contributed by atoms with Crippen LogP contribution < -0.4 is 0 Å². The van der Waals surface area contributed by atoms with Crippen molar-refractivity contribution in [2.45, 2.75) is 43.4 Å². The van der Waals surface area contributed by atoms with E-state index in [1.807, 2.05) is 25.1 Å². The van der Waals surface area contributed by atoms with Crippen molar-refractivity contribution in [3.8, 4) is 0 Å². The molecule has 1 aromatic rings. The molecule has 0 amide bonds. The van der Waals surface area contributed by atoms with Crippen LogP contribution in [0.2, 0.25) is 0 Å². The van der Waals surface area contributed by atoms with Crippen LogP contribution in [0.25, 0.3) is 0 Å². The van der Waals surface area contributed by atoms with E-state index in [1.165, 1.54) is 0 Å². The lowest BCUT2D eigenvalue weighted by Gasteiger charge is -2.08. The Bertz CT molecular complexity index is 316. The van der Waals surface area contributed by atoms with Gasteiger partial charge in [-0.3, -0.25) is 4.79 Å². The Morgan fingerprint density at radius 2 is 2.31 bits per heavy atom. The summed E-state index contributed by atoms with van der Waals surface area (Å²) in [6, 6.07) is 5.90. The van der Waals surface area contributed by atoms with Crippen molar-refractivity contribution in [1.82, 2.24) is 4.98 Å². The Morgan fingerprint density at radius 1 is 1.50 bits per heavy atom. The molecule has 0 bridgehead atoms. The lowest BCUT2D eigenvalue weighted by Crippen LogP contribution is -2.01. The molecule has 1 unspecified atom stereocenters. The first kappa shape index (κ1) is 13.6. The van der Waals surface area contributed by atoms with Crippen LogP contribution in [0, 0.1) is 0 Å². The Hall–Kier alpha value is -0.480. The lowest BCUT2D eigenvalue weighted by atomic mass is 10.1. The van der Waals surface area contributed by atoms with Crippen LogP contribution >= 0.6 is 21.6 Å². The minimum absolute atomic E-state index is 0.357. The first-order chi connectivity index (χ1) is 7.72. The first-order valence-corrected chi connectivity index (χ1v) is 7.69. The fraction of sp³-hybridized carbons (Fsp3) is 0.500. The van der Waals surface area contributed by atoms with Gasteiger partial charge in [-0.25, -0.2) is 4.98 Å². The molecule has 0 radical (unpaired) electrons. The Labute approximate surface area is 105 Å². The van der Waals surface area contributed by atoms with E-state index in [1.54, 1.807) is 27.8 Å². The van der Waals surface area contributed by atoms with Crippen LogP contribution in [0.1, 0.15) is 33.1 Å². The summed E-state index contributed by atoms with van der Waals surface area (Å²) in [6.45, 7) is 4.08. The van der Waals surface area contributed by atoms with Gasteiger partial charge < -0.3 is 0 Å². The van der Waals surface area contributed by atoms with E-state index in [0.29, 0.717) is 23.9 Å². The van der Waals surface area contributed by atoms with Crippen LogP contribution in [0.3, 0.4) is 0 Å². The number of hydrogen-bond acceptors (Lipinski definition) is 4. The molecule has 88 valence electrons. The van der Waals surface area contributed by atoms with Gasteiger partial charge in [-0.1, -0.05) is 30.7 Å². The second-order valence-corrected chi connectivity index (χ2v) is 6.25. The van der Waals surface area contributed by atoms with Crippen LogP contribution in [0.4, 0.5) is 0 Å². The molecule has 0 fully saturated rings. The zero-order valence-corrected chi connectivity index (χ0v) is 11.3. The summed E-state index contributed by atoms with van der Waals surface area (Å²) in [4.78, 5) is 15.4. The molecule has 0 aliphatic rings. The van der Waals surface area contributed by atoms with Gasteiger partial charge in [0.15, 0.2) is 0 Å². The third kappa shape index (κ3) is 5.56. The highest BCUT2D eigenvalue weighted by Gasteiger charge is 2.07. The standard InChI is InChI=1S/C12H17NOS2/c1-3-11(14)8-7-10(2)15-16-12-6-4-5-9-13-12/h4-6,9-10H,3,7-8H2,1-2H3. The number of ketones is 1. The van der Waals surface area contributed by atoms with E-state index in [9.17, 15) is 4.79 Å². The Morgan fingerprint density at radius 3 is 2.94 bits per heavy atom.